The van der Waals surface area contributed by atoms with E-state index < -0.39 is 6.10 Å². The fraction of sp³-hybridized carbons (Fsp3) is 0.458. The number of aryl methyl sites for hydroxylation is 1. The summed E-state index contributed by atoms with van der Waals surface area (Å²) in [6, 6.07) is 13.5. The highest BCUT2D eigenvalue weighted by Gasteiger charge is 2.36. The molecule has 0 spiro atoms. The fourth-order valence-corrected chi connectivity index (χ4v) is 4.30. The molecule has 0 heterocycles. The van der Waals surface area contributed by atoms with Gasteiger partial charge in [0.2, 0.25) is 0 Å². The number of hydrogen-bond donors (Lipinski definition) is 2. The number of hydrogen-bond acceptors (Lipinski definition) is 5. The largest absolute Gasteiger partial charge is 0.482 e. The Morgan fingerprint density at radius 1 is 1.30 bits per heavy atom. The summed E-state index contributed by atoms with van der Waals surface area (Å²) in [5, 5.41) is 14.7. The maximum absolute atomic E-state index is 11.6. The number of benzene rings is 2. The van der Waals surface area contributed by atoms with Crippen LogP contribution in [0.5, 0.6) is 5.75 Å². The van der Waals surface area contributed by atoms with E-state index in [0.717, 1.165) is 18.4 Å². The van der Waals surface area contributed by atoms with Gasteiger partial charge in [0, 0.05) is 23.0 Å². The monoisotopic (exact) mass is 431 g/mol. The molecular formula is C24H30ClNO4. The second kappa shape index (κ2) is 9.82. The lowest BCUT2D eigenvalue weighted by atomic mass is 9.69. The molecule has 3 rings (SSSR count). The van der Waals surface area contributed by atoms with Crippen molar-refractivity contribution in [1.29, 1.82) is 0 Å². The lowest BCUT2D eigenvalue weighted by molar-refractivity contribution is -0.145. The van der Waals surface area contributed by atoms with Gasteiger partial charge >= 0.3 is 5.97 Å². The number of fused-ring (bicyclic) bond motifs is 1. The van der Waals surface area contributed by atoms with Crippen molar-refractivity contribution < 1.29 is 19.4 Å². The van der Waals surface area contributed by atoms with E-state index in [1.807, 2.05) is 24.3 Å². The van der Waals surface area contributed by atoms with Crippen molar-refractivity contribution in [2.45, 2.75) is 51.2 Å². The Balaban J connectivity index is 1.67. The summed E-state index contributed by atoms with van der Waals surface area (Å²) < 4.78 is 10.6. The number of aliphatic hydroxyl groups excluding tert-OH is 1. The first-order valence-corrected chi connectivity index (χ1v) is 10.8. The number of nitrogens with one attached hydrogen (secondary N) is 1. The van der Waals surface area contributed by atoms with E-state index >= 15 is 0 Å². The Hall–Kier alpha value is -2.08. The van der Waals surface area contributed by atoms with Gasteiger partial charge in [-0.05, 0) is 60.7 Å². The maximum Gasteiger partial charge on any atom is 0.344 e. The zero-order valence-electron chi connectivity index (χ0n) is 17.8. The maximum atomic E-state index is 11.6. The van der Waals surface area contributed by atoms with Gasteiger partial charge in [0.25, 0.3) is 0 Å². The van der Waals surface area contributed by atoms with Crippen LogP contribution in [0.1, 0.15) is 50.0 Å². The van der Waals surface area contributed by atoms with Gasteiger partial charge in [-0.2, -0.15) is 0 Å². The van der Waals surface area contributed by atoms with Gasteiger partial charge in [0.15, 0.2) is 6.61 Å². The second-order valence-electron chi connectivity index (χ2n) is 8.20. The van der Waals surface area contributed by atoms with Crippen LogP contribution in [0.3, 0.4) is 0 Å². The summed E-state index contributed by atoms with van der Waals surface area (Å²) in [6.07, 6.45) is 1.30. The molecular weight excluding hydrogens is 402 g/mol. The first-order chi connectivity index (χ1) is 14.3. The molecule has 0 amide bonds. The fourth-order valence-electron chi connectivity index (χ4n) is 4.10. The second-order valence-corrected chi connectivity index (χ2v) is 8.64. The summed E-state index contributed by atoms with van der Waals surface area (Å²) >= 11 is 6.04. The van der Waals surface area contributed by atoms with Gasteiger partial charge in [-0.15, -0.1) is 0 Å². The first-order valence-electron chi connectivity index (χ1n) is 10.4. The van der Waals surface area contributed by atoms with Crippen molar-refractivity contribution in [1.82, 2.24) is 5.32 Å². The average molecular weight is 432 g/mol. The molecule has 2 atom stereocenters. The van der Waals surface area contributed by atoms with E-state index in [1.54, 1.807) is 19.1 Å². The molecule has 2 aromatic rings. The van der Waals surface area contributed by atoms with Crippen LogP contribution in [0.4, 0.5) is 0 Å². The molecule has 0 aromatic heterocycles. The van der Waals surface area contributed by atoms with Crippen LogP contribution in [0, 0.1) is 0 Å². The average Bonchev–Trinajstić information content (AvgIpc) is 2.72. The standard InChI is InChI=1S/C24H30ClNO4/c1-4-29-23(28)15-30-19-10-8-16-9-11-22(24(2,3)20(16)13-19)26-14-21(27)17-6-5-7-18(25)12-17/h5-8,10,12-13,21-22,26-27H,4,9,11,14-15H2,1-3H3/t21-,22-/m0/s1. The van der Waals surface area contributed by atoms with Crippen molar-refractivity contribution in [2.24, 2.45) is 0 Å². The van der Waals surface area contributed by atoms with Crippen LogP contribution >= 0.6 is 11.6 Å². The van der Waals surface area contributed by atoms with Crippen LogP contribution in [-0.4, -0.2) is 36.9 Å². The van der Waals surface area contributed by atoms with Crippen LogP contribution in [-0.2, 0) is 21.4 Å². The molecule has 0 saturated heterocycles. The van der Waals surface area contributed by atoms with Crippen LogP contribution in [0.25, 0.3) is 0 Å². The zero-order valence-corrected chi connectivity index (χ0v) is 18.5. The van der Waals surface area contributed by atoms with Gasteiger partial charge < -0.3 is 19.9 Å². The lowest BCUT2D eigenvalue weighted by Crippen LogP contribution is -2.49. The quantitative estimate of drug-likeness (QED) is 0.613. The Bertz CT molecular complexity index is 883. The molecule has 2 N–H and O–H groups in total. The van der Waals surface area contributed by atoms with Crippen molar-refractivity contribution in [3.63, 3.8) is 0 Å². The molecule has 0 fully saturated rings. The van der Waals surface area contributed by atoms with Gasteiger partial charge in [0.05, 0.1) is 12.7 Å². The van der Waals surface area contributed by atoms with E-state index in [9.17, 15) is 9.90 Å². The molecule has 0 saturated carbocycles. The van der Waals surface area contributed by atoms with Crippen LogP contribution in [0.2, 0.25) is 5.02 Å². The first kappa shape index (κ1) is 22.6. The molecule has 0 radical (unpaired) electrons. The highest BCUT2D eigenvalue weighted by atomic mass is 35.5. The van der Waals surface area contributed by atoms with Crippen molar-refractivity contribution in [3.05, 3.63) is 64.2 Å². The smallest absolute Gasteiger partial charge is 0.344 e. The van der Waals surface area contributed by atoms with E-state index in [2.05, 4.69) is 25.2 Å². The molecule has 0 aliphatic heterocycles. The molecule has 5 nitrogen and oxygen atoms in total. The van der Waals surface area contributed by atoms with Crippen molar-refractivity contribution >= 4 is 17.6 Å². The van der Waals surface area contributed by atoms with Gasteiger partial charge in [-0.25, -0.2) is 4.79 Å². The van der Waals surface area contributed by atoms with Crippen LogP contribution < -0.4 is 10.1 Å². The lowest BCUT2D eigenvalue weighted by Gasteiger charge is -2.41. The Kier molecular flexibility index (Phi) is 7.40. The number of carbonyl (C=O) groups excluding carboxylic acids is 1. The van der Waals surface area contributed by atoms with Crippen molar-refractivity contribution in [3.8, 4) is 5.75 Å². The van der Waals surface area contributed by atoms with Gasteiger partial charge in [0.1, 0.15) is 5.75 Å². The number of carbonyl (C=O) groups is 1. The topological polar surface area (TPSA) is 67.8 Å². The van der Waals surface area contributed by atoms with Crippen LogP contribution in [0.15, 0.2) is 42.5 Å². The Morgan fingerprint density at radius 2 is 2.10 bits per heavy atom. The minimum atomic E-state index is -0.625. The summed E-state index contributed by atoms with van der Waals surface area (Å²) in [6.45, 7) is 6.86. The third kappa shape index (κ3) is 5.34. The van der Waals surface area contributed by atoms with E-state index in [1.165, 1.54) is 11.1 Å². The Morgan fingerprint density at radius 3 is 2.83 bits per heavy atom. The molecule has 162 valence electrons. The highest BCUT2D eigenvalue weighted by Crippen LogP contribution is 2.39. The summed E-state index contributed by atoms with van der Waals surface area (Å²) in [5.41, 5.74) is 3.13. The Labute approximate surface area is 183 Å². The molecule has 0 bridgehead atoms. The highest BCUT2D eigenvalue weighted by molar-refractivity contribution is 6.30. The minimum absolute atomic E-state index is 0.0967. The summed E-state index contributed by atoms with van der Waals surface area (Å²) in [5.74, 6) is 0.290. The molecule has 30 heavy (non-hydrogen) atoms. The number of ether oxygens (including phenoxy) is 2. The van der Waals surface area contributed by atoms with Gasteiger partial charge in [-0.1, -0.05) is 43.6 Å². The summed E-state index contributed by atoms with van der Waals surface area (Å²) in [7, 11) is 0. The number of esters is 1. The molecule has 0 unspecified atom stereocenters. The number of aliphatic hydroxyl groups is 1. The van der Waals surface area contributed by atoms with Crippen molar-refractivity contribution in [2.75, 3.05) is 19.8 Å². The third-order valence-corrected chi connectivity index (χ3v) is 6.04. The van der Waals surface area contributed by atoms with E-state index in [4.69, 9.17) is 21.1 Å². The number of halogens is 1. The third-order valence-electron chi connectivity index (χ3n) is 5.80. The SMILES string of the molecule is CCOC(=O)COc1ccc2c(c1)C(C)(C)[C@@H](NC[C@H](O)c1cccc(Cl)c1)CC2. The predicted molar refractivity (Wildman–Crippen MR) is 118 cm³/mol. The minimum Gasteiger partial charge on any atom is -0.482 e. The molecule has 2 aromatic carbocycles. The molecule has 6 heteroatoms. The zero-order chi connectivity index (χ0) is 21.7. The van der Waals surface area contributed by atoms with E-state index in [0.29, 0.717) is 23.9 Å². The van der Waals surface area contributed by atoms with E-state index in [-0.39, 0.29) is 24.0 Å². The predicted octanol–water partition coefficient (Wildman–Crippen LogP) is 4.20. The normalized spacial score (nSPS) is 18.4. The number of rotatable bonds is 8. The molecule has 1 aliphatic rings. The van der Waals surface area contributed by atoms with Gasteiger partial charge in [-0.3, -0.25) is 0 Å². The molecule has 1 aliphatic carbocycles. The summed E-state index contributed by atoms with van der Waals surface area (Å²) in [4.78, 5) is 11.6.